The van der Waals surface area contributed by atoms with Gasteiger partial charge in [0.2, 0.25) is 0 Å². The third-order valence-corrected chi connectivity index (χ3v) is 5.27. The number of aromatic amines is 1. The van der Waals surface area contributed by atoms with Crippen molar-refractivity contribution < 1.29 is 9.53 Å². The molecule has 2 aromatic carbocycles. The Kier molecular flexibility index (Phi) is 4.90. The first kappa shape index (κ1) is 17.9. The van der Waals surface area contributed by atoms with Crippen LogP contribution in [0.25, 0.3) is 10.9 Å². The fourth-order valence-electron chi connectivity index (χ4n) is 3.83. The second kappa shape index (κ2) is 7.65. The lowest BCUT2D eigenvalue weighted by Crippen LogP contribution is -2.47. The maximum atomic E-state index is 12.6. The SMILES string of the molecule is COc1ccc(C(=O)N[C@@H]2CCCN(c3ccc(C#N)c4[nH]ccc34)C2)cc1. The number of anilines is 1. The van der Waals surface area contributed by atoms with Crippen LogP contribution in [0.5, 0.6) is 5.75 Å². The number of H-pyrrole nitrogens is 1. The van der Waals surface area contributed by atoms with E-state index in [9.17, 15) is 10.1 Å². The molecule has 0 radical (unpaired) electrons. The summed E-state index contributed by atoms with van der Waals surface area (Å²) in [5.74, 6) is 0.665. The Labute approximate surface area is 163 Å². The number of hydrogen-bond donors (Lipinski definition) is 2. The number of nitrogens with one attached hydrogen (secondary N) is 2. The molecule has 1 amide bonds. The van der Waals surface area contributed by atoms with E-state index in [0.717, 1.165) is 48.3 Å². The van der Waals surface area contributed by atoms with Crippen molar-refractivity contribution >= 4 is 22.5 Å². The minimum Gasteiger partial charge on any atom is -0.497 e. The van der Waals surface area contributed by atoms with E-state index in [2.05, 4.69) is 21.3 Å². The Hall–Kier alpha value is -3.46. The molecule has 4 rings (SSSR count). The van der Waals surface area contributed by atoms with Gasteiger partial charge in [0.15, 0.2) is 0 Å². The molecule has 142 valence electrons. The van der Waals surface area contributed by atoms with Crippen molar-refractivity contribution in [2.75, 3.05) is 25.1 Å². The number of nitrogens with zero attached hydrogens (tertiary/aromatic N) is 2. The van der Waals surface area contributed by atoms with E-state index >= 15 is 0 Å². The van der Waals surface area contributed by atoms with Crippen LogP contribution in [0.15, 0.2) is 48.7 Å². The number of nitriles is 1. The second-order valence-electron chi connectivity index (χ2n) is 7.00. The summed E-state index contributed by atoms with van der Waals surface area (Å²) >= 11 is 0. The predicted molar refractivity (Wildman–Crippen MR) is 109 cm³/mol. The smallest absolute Gasteiger partial charge is 0.251 e. The van der Waals surface area contributed by atoms with Crippen molar-refractivity contribution in [1.82, 2.24) is 10.3 Å². The Bertz CT molecular complexity index is 1030. The highest BCUT2D eigenvalue weighted by Gasteiger charge is 2.23. The molecule has 6 heteroatoms. The highest BCUT2D eigenvalue weighted by atomic mass is 16.5. The van der Waals surface area contributed by atoms with Gasteiger partial charge in [-0.15, -0.1) is 0 Å². The summed E-state index contributed by atoms with van der Waals surface area (Å²) in [5.41, 5.74) is 3.23. The number of hydrogen-bond acceptors (Lipinski definition) is 4. The van der Waals surface area contributed by atoms with Crippen LogP contribution >= 0.6 is 0 Å². The lowest BCUT2D eigenvalue weighted by atomic mass is 10.0. The molecule has 1 aliphatic rings. The van der Waals surface area contributed by atoms with Crippen molar-refractivity contribution in [1.29, 1.82) is 5.26 Å². The monoisotopic (exact) mass is 374 g/mol. The molecule has 1 fully saturated rings. The third kappa shape index (κ3) is 3.39. The van der Waals surface area contributed by atoms with Crippen molar-refractivity contribution in [3.8, 4) is 11.8 Å². The van der Waals surface area contributed by atoms with Crippen LogP contribution in [-0.2, 0) is 0 Å². The Morgan fingerprint density at radius 3 is 2.82 bits per heavy atom. The standard InChI is InChI=1S/C22H22N4O2/c1-28-18-7-4-15(5-8-18)22(27)25-17-3-2-12-26(14-17)20-9-6-16(13-23)21-19(20)10-11-24-21/h4-11,17,24H,2-3,12,14H2,1H3,(H,25,27)/t17-/m1/s1. The van der Waals surface area contributed by atoms with Crippen LogP contribution in [0.2, 0.25) is 0 Å². The van der Waals surface area contributed by atoms with Gasteiger partial charge in [-0.05, 0) is 55.3 Å². The summed E-state index contributed by atoms with van der Waals surface area (Å²) in [5, 5.41) is 13.5. The molecular formula is C22H22N4O2. The first-order valence-electron chi connectivity index (χ1n) is 9.39. The second-order valence-corrected chi connectivity index (χ2v) is 7.00. The van der Waals surface area contributed by atoms with Gasteiger partial charge in [-0.3, -0.25) is 4.79 Å². The summed E-state index contributed by atoms with van der Waals surface area (Å²) < 4.78 is 5.15. The number of rotatable bonds is 4. The number of methoxy groups -OCH3 is 1. The largest absolute Gasteiger partial charge is 0.497 e. The molecule has 0 bridgehead atoms. The zero-order chi connectivity index (χ0) is 19.5. The van der Waals surface area contributed by atoms with E-state index in [1.807, 2.05) is 24.4 Å². The Balaban J connectivity index is 1.50. The molecule has 0 aliphatic carbocycles. The molecule has 6 nitrogen and oxygen atoms in total. The molecule has 2 N–H and O–H groups in total. The minimum absolute atomic E-state index is 0.0684. The molecule has 1 saturated heterocycles. The fraction of sp³-hybridized carbons (Fsp3) is 0.273. The normalized spacial score (nSPS) is 16.6. The number of aromatic nitrogens is 1. The van der Waals surface area contributed by atoms with Gasteiger partial charge in [0.05, 0.1) is 18.2 Å². The number of benzene rings is 2. The van der Waals surface area contributed by atoms with Crippen molar-refractivity contribution in [3.05, 3.63) is 59.8 Å². The topological polar surface area (TPSA) is 81.2 Å². The zero-order valence-corrected chi connectivity index (χ0v) is 15.7. The summed E-state index contributed by atoms with van der Waals surface area (Å²) in [6.45, 7) is 1.68. The minimum atomic E-state index is -0.0684. The molecule has 2 heterocycles. The fourth-order valence-corrected chi connectivity index (χ4v) is 3.83. The maximum absolute atomic E-state index is 12.6. The van der Waals surface area contributed by atoms with Crippen molar-refractivity contribution in [2.24, 2.45) is 0 Å². The van der Waals surface area contributed by atoms with Crippen molar-refractivity contribution in [3.63, 3.8) is 0 Å². The van der Waals surface area contributed by atoms with Crippen LogP contribution in [0.3, 0.4) is 0 Å². The maximum Gasteiger partial charge on any atom is 0.251 e. The van der Waals surface area contributed by atoms with E-state index in [4.69, 9.17) is 4.74 Å². The quantitative estimate of drug-likeness (QED) is 0.733. The summed E-state index contributed by atoms with van der Waals surface area (Å²) in [4.78, 5) is 18.1. The van der Waals surface area contributed by atoms with Crippen LogP contribution in [0.1, 0.15) is 28.8 Å². The van der Waals surface area contributed by atoms with Gasteiger partial charge in [0.1, 0.15) is 11.8 Å². The average molecular weight is 374 g/mol. The molecule has 1 atom stereocenters. The summed E-state index contributed by atoms with van der Waals surface area (Å²) in [6.07, 6.45) is 3.81. The van der Waals surface area contributed by atoms with Gasteiger partial charge < -0.3 is 19.9 Å². The Morgan fingerprint density at radius 1 is 1.25 bits per heavy atom. The number of ether oxygens (including phenoxy) is 1. The van der Waals surface area contributed by atoms with E-state index in [-0.39, 0.29) is 11.9 Å². The van der Waals surface area contributed by atoms with Crippen molar-refractivity contribution in [2.45, 2.75) is 18.9 Å². The number of carbonyl (C=O) groups is 1. The third-order valence-electron chi connectivity index (χ3n) is 5.27. The van der Waals surface area contributed by atoms with Crippen LogP contribution in [0, 0.1) is 11.3 Å². The summed E-state index contributed by atoms with van der Waals surface area (Å²) in [6, 6.07) is 15.3. The van der Waals surface area contributed by atoms with Gasteiger partial charge >= 0.3 is 0 Å². The van der Waals surface area contributed by atoms with E-state index in [0.29, 0.717) is 11.1 Å². The molecule has 0 saturated carbocycles. The molecule has 3 aromatic rings. The van der Waals surface area contributed by atoms with Gasteiger partial charge in [0, 0.05) is 42.0 Å². The first-order valence-corrected chi connectivity index (χ1v) is 9.39. The van der Waals surface area contributed by atoms with E-state index in [1.165, 1.54) is 0 Å². The number of piperidine rings is 1. The molecule has 1 aliphatic heterocycles. The van der Waals surface area contributed by atoms with Gasteiger partial charge in [-0.25, -0.2) is 0 Å². The molecule has 1 aromatic heterocycles. The Morgan fingerprint density at radius 2 is 2.07 bits per heavy atom. The van der Waals surface area contributed by atoms with Crippen LogP contribution < -0.4 is 15.0 Å². The highest BCUT2D eigenvalue weighted by molar-refractivity contribution is 5.96. The highest BCUT2D eigenvalue weighted by Crippen LogP contribution is 2.30. The number of amides is 1. The molecular weight excluding hydrogens is 352 g/mol. The van der Waals surface area contributed by atoms with Gasteiger partial charge in [0.25, 0.3) is 5.91 Å². The van der Waals surface area contributed by atoms with Crippen LogP contribution in [-0.4, -0.2) is 37.1 Å². The first-order chi connectivity index (χ1) is 13.7. The lowest BCUT2D eigenvalue weighted by molar-refractivity contribution is 0.0933. The predicted octanol–water partition coefficient (Wildman–Crippen LogP) is 3.45. The van der Waals surface area contributed by atoms with Gasteiger partial charge in [-0.1, -0.05) is 0 Å². The molecule has 28 heavy (non-hydrogen) atoms. The number of carbonyl (C=O) groups excluding carboxylic acids is 1. The summed E-state index contributed by atoms with van der Waals surface area (Å²) in [7, 11) is 1.61. The molecule has 0 spiro atoms. The van der Waals surface area contributed by atoms with E-state index in [1.54, 1.807) is 31.4 Å². The van der Waals surface area contributed by atoms with Gasteiger partial charge in [-0.2, -0.15) is 5.26 Å². The average Bonchev–Trinajstić information content (AvgIpc) is 3.23. The lowest BCUT2D eigenvalue weighted by Gasteiger charge is -2.35. The molecule has 0 unspecified atom stereocenters. The van der Waals surface area contributed by atoms with Crippen LogP contribution in [0.4, 0.5) is 5.69 Å². The number of fused-ring (bicyclic) bond motifs is 1. The zero-order valence-electron chi connectivity index (χ0n) is 15.7. The van der Waals surface area contributed by atoms with E-state index < -0.39 is 0 Å².